The minimum atomic E-state index is -0.210. The molecule has 0 spiro atoms. The van der Waals surface area contributed by atoms with Gasteiger partial charge in [-0.15, -0.1) is 0 Å². The number of nitrogens with one attached hydrogen (secondary N) is 1. The van der Waals surface area contributed by atoms with Gasteiger partial charge in [-0.1, -0.05) is 26.0 Å². The first-order valence-electron chi connectivity index (χ1n) is 7.21. The third-order valence-corrected chi connectivity index (χ3v) is 4.41. The molecule has 3 nitrogen and oxygen atoms in total. The van der Waals surface area contributed by atoms with Gasteiger partial charge in [-0.2, -0.15) is 0 Å². The lowest BCUT2D eigenvalue weighted by molar-refractivity contribution is -0.127. The predicted octanol–water partition coefficient (Wildman–Crippen LogP) is 2.60. The van der Waals surface area contributed by atoms with Gasteiger partial charge in [0, 0.05) is 19.3 Å². The van der Waals surface area contributed by atoms with E-state index in [1.165, 1.54) is 5.56 Å². The van der Waals surface area contributed by atoms with Crippen LogP contribution in [0, 0.1) is 5.41 Å². The molecule has 3 heteroatoms. The molecule has 1 aliphatic rings. The van der Waals surface area contributed by atoms with Crippen LogP contribution in [0.3, 0.4) is 0 Å². The van der Waals surface area contributed by atoms with Crippen LogP contribution in [0.15, 0.2) is 24.3 Å². The molecule has 1 aliphatic heterocycles. The highest BCUT2D eigenvalue weighted by Crippen LogP contribution is 2.33. The molecule has 104 valence electrons. The Balaban J connectivity index is 2.17. The van der Waals surface area contributed by atoms with Gasteiger partial charge in [0.25, 0.3) is 0 Å². The van der Waals surface area contributed by atoms with Crippen molar-refractivity contribution in [1.29, 1.82) is 0 Å². The van der Waals surface area contributed by atoms with Gasteiger partial charge in [0.05, 0.1) is 5.41 Å². The number of benzene rings is 1. The summed E-state index contributed by atoms with van der Waals surface area (Å²) in [4.78, 5) is 14.6. The first kappa shape index (κ1) is 14.1. The maximum absolute atomic E-state index is 12.7. The lowest BCUT2D eigenvalue weighted by Gasteiger charge is -2.31. The fourth-order valence-electron chi connectivity index (χ4n) is 2.81. The summed E-state index contributed by atoms with van der Waals surface area (Å²) >= 11 is 0. The molecule has 1 heterocycles. The minimum Gasteiger partial charge on any atom is -0.316 e. The second kappa shape index (κ2) is 5.74. The number of carbonyl (C=O) groups excluding carboxylic acids is 1. The Hall–Kier alpha value is -1.35. The van der Waals surface area contributed by atoms with E-state index in [4.69, 9.17) is 0 Å². The molecule has 0 radical (unpaired) electrons. The fourth-order valence-corrected chi connectivity index (χ4v) is 2.81. The van der Waals surface area contributed by atoms with Gasteiger partial charge >= 0.3 is 0 Å². The summed E-state index contributed by atoms with van der Waals surface area (Å²) in [6.45, 7) is 6.00. The molecule has 2 rings (SSSR count). The number of hydrogen-bond acceptors (Lipinski definition) is 2. The van der Waals surface area contributed by atoms with Gasteiger partial charge in [0.1, 0.15) is 0 Å². The van der Waals surface area contributed by atoms with Crippen molar-refractivity contribution in [2.24, 2.45) is 5.41 Å². The summed E-state index contributed by atoms with van der Waals surface area (Å²) in [5, 5.41) is 3.32. The maximum Gasteiger partial charge on any atom is 0.234 e. The van der Waals surface area contributed by atoms with Crippen molar-refractivity contribution in [2.75, 3.05) is 25.0 Å². The molecule has 19 heavy (non-hydrogen) atoms. The van der Waals surface area contributed by atoms with Gasteiger partial charge in [0.15, 0.2) is 0 Å². The van der Waals surface area contributed by atoms with Crippen LogP contribution in [0.1, 0.15) is 32.3 Å². The molecule has 1 aromatic carbocycles. The summed E-state index contributed by atoms with van der Waals surface area (Å²) in [6, 6.07) is 8.29. The van der Waals surface area contributed by atoms with Crippen molar-refractivity contribution in [3.63, 3.8) is 0 Å². The third-order valence-electron chi connectivity index (χ3n) is 4.41. The molecule has 0 aliphatic carbocycles. The fraction of sp³-hybridized carbons (Fsp3) is 0.562. The molecule has 1 saturated heterocycles. The normalized spacial score (nSPS) is 22.5. The third kappa shape index (κ3) is 2.66. The van der Waals surface area contributed by atoms with E-state index in [-0.39, 0.29) is 11.3 Å². The molecular weight excluding hydrogens is 236 g/mol. The van der Waals surface area contributed by atoms with Crippen molar-refractivity contribution in [2.45, 2.75) is 33.1 Å². The highest BCUT2D eigenvalue weighted by Gasteiger charge is 2.41. The number of nitrogens with zero attached hydrogens (tertiary/aromatic N) is 1. The average molecular weight is 260 g/mol. The van der Waals surface area contributed by atoms with Crippen LogP contribution in [0.25, 0.3) is 0 Å². The molecule has 0 saturated carbocycles. The van der Waals surface area contributed by atoms with Crippen LogP contribution in [0.5, 0.6) is 0 Å². The molecule has 1 N–H and O–H groups in total. The minimum absolute atomic E-state index is 0.210. The van der Waals surface area contributed by atoms with Crippen molar-refractivity contribution < 1.29 is 4.79 Å². The van der Waals surface area contributed by atoms with Crippen molar-refractivity contribution in [3.8, 4) is 0 Å². The van der Waals surface area contributed by atoms with E-state index >= 15 is 0 Å². The average Bonchev–Trinajstić information content (AvgIpc) is 2.96. The van der Waals surface area contributed by atoms with Crippen LogP contribution in [-0.4, -0.2) is 26.0 Å². The van der Waals surface area contributed by atoms with E-state index in [1.54, 1.807) is 0 Å². The SMILES string of the molecule is CCc1ccc(N(C)C(=O)C2(CC)CCNC2)cc1. The van der Waals surface area contributed by atoms with Crippen molar-refractivity contribution >= 4 is 11.6 Å². The number of carbonyl (C=O) groups is 1. The van der Waals surface area contributed by atoms with Gasteiger partial charge in [-0.25, -0.2) is 0 Å². The van der Waals surface area contributed by atoms with Crippen LogP contribution >= 0.6 is 0 Å². The summed E-state index contributed by atoms with van der Waals surface area (Å²) in [5.41, 5.74) is 2.08. The first-order valence-corrected chi connectivity index (χ1v) is 7.21. The van der Waals surface area contributed by atoms with Gasteiger partial charge < -0.3 is 10.2 Å². The van der Waals surface area contributed by atoms with E-state index in [0.717, 1.165) is 38.0 Å². The Kier molecular flexibility index (Phi) is 4.25. The smallest absolute Gasteiger partial charge is 0.234 e. The second-order valence-corrected chi connectivity index (χ2v) is 5.44. The van der Waals surface area contributed by atoms with E-state index < -0.39 is 0 Å². The Bertz CT molecular complexity index is 433. The Morgan fingerprint density at radius 3 is 2.47 bits per heavy atom. The molecule has 1 amide bonds. The number of rotatable bonds is 4. The monoisotopic (exact) mass is 260 g/mol. The molecule has 1 unspecified atom stereocenters. The molecule has 1 atom stereocenters. The van der Waals surface area contributed by atoms with E-state index in [1.807, 2.05) is 24.1 Å². The van der Waals surface area contributed by atoms with E-state index in [0.29, 0.717) is 0 Å². The van der Waals surface area contributed by atoms with Crippen molar-refractivity contribution in [3.05, 3.63) is 29.8 Å². The van der Waals surface area contributed by atoms with E-state index in [2.05, 4.69) is 31.3 Å². The lowest BCUT2D eigenvalue weighted by atomic mass is 9.82. The zero-order valence-electron chi connectivity index (χ0n) is 12.2. The largest absolute Gasteiger partial charge is 0.316 e. The van der Waals surface area contributed by atoms with E-state index in [9.17, 15) is 4.79 Å². The molecule has 1 aromatic rings. The standard InChI is InChI=1S/C16H24N2O/c1-4-13-6-8-14(9-7-13)18(3)15(19)16(5-2)10-11-17-12-16/h6-9,17H,4-5,10-12H2,1-3H3. The van der Waals surface area contributed by atoms with Crippen molar-refractivity contribution in [1.82, 2.24) is 5.32 Å². The summed E-state index contributed by atoms with van der Waals surface area (Å²) in [7, 11) is 1.89. The highest BCUT2D eigenvalue weighted by atomic mass is 16.2. The number of anilines is 1. The topological polar surface area (TPSA) is 32.3 Å². The molecule has 1 fully saturated rings. The quantitative estimate of drug-likeness (QED) is 0.902. The van der Waals surface area contributed by atoms with Gasteiger partial charge in [-0.05, 0) is 43.5 Å². The lowest BCUT2D eigenvalue weighted by Crippen LogP contribution is -2.43. The van der Waals surface area contributed by atoms with Crippen LogP contribution in [0.4, 0.5) is 5.69 Å². The van der Waals surface area contributed by atoms with Crippen LogP contribution in [-0.2, 0) is 11.2 Å². The zero-order chi connectivity index (χ0) is 13.9. The molecule has 0 bridgehead atoms. The van der Waals surface area contributed by atoms with Crippen LogP contribution < -0.4 is 10.2 Å². The van der Waals surface area contributed by atoms with Crippen LogP contribution in [0.2, 0.25) is 0 Å². The first-order chi connectivity index (χ1) is 9.13. The maximum atomic E-state index is 12.7. The number of aryl methyl sites for hydroxylation is 1. The summed E-state index contributed by atoms with van der Waals surface area (Å²) < 4.78 is 0. The van der Waals surface area contributed by atoms with Gasteiger partial charge in [-0.3, -0.25) is 4.79 Å². The van der Waals surface area contributed by atoms with Gasteiger partial charge in [0.2, 0.25) is 5.91 Å². The Morgan fingerprint density at radius 2 is 2.00 bits per heavy atom. The molecule has 0 aromatic heterocycles. The zero-order valence-corrected chi connectivity index (χ0v) is 12.2. The highest BCUT2D eigenvalue weighted by molar-refractivity contribution is 5.97. The second-order valence-electron chi connectivity index (χ2n) is 5.44. The summed E-state index contributed by atoms with van der Waals surface area (Å²) in [5.74, 6) is 0.240. The Morgan fingerprint density at radius 1 is 1.32 bits per heavy atom. The number of amides is 1. The molecular formula is C16H24N2O. The summed E-state index contributed by atoms with van der Waals surface area (Å²) in [6.07, 6.45) is 2.87. The number of hydrogen-bond donors (Lipinski definition) is 1. The predicted molar refractivity (Wildman–Crippen MR) is 79.4 cm³/mol. The Labute approximate surface area is 116 Å².